The number of benzene rings is 1. The number of thiophene rings is 1. The fourth-order valence-corrected chi connectivity index (χ4v) is 3.30. The van der Waals surface area contributed by atoms with Gasteiger partial charge in [-0.25, -0.2) is 0 Å². The molecule has 2 N–H and O–H groups in total. The smallest absolute Gasteiger partial charge is 0.264 e. The molecule has 7 heteroatoms. The van der Waals surface area contributed by atoms with Gasteiger partial charge in [0, 0.05) is 10.9 Å². The summed E-state index contributed by atoms with van der Waals surface area (Å²) in [7, 11) is 0. The van der Waals surface area contributed by atoms with Crippen molar-refractivity contribution in [3.8, 4) is 22.8 Å². The number of aliphatic hydroxyl groups is 1. The summed E-state index contributed by atoms with van der Waals surface area (Å²) in [6.45, 7) is 0.152. The highest BCUT2D eigenvalue weighted by Gasteiger charge is 2.27. The van der Waals surface area contributed by atoms with E-state index in [1.807, 2.05) is 29.0 Å². The van der Waals surface area contributed by atoms with Gasteiger partial charge in [-0.05, 0) is 35.7 Å². The first-order valence-corrected chi connectivity index (χ1v) is 9.11. The summed E-state index contributed by atoms with van der Waals surface area (Å²) in [6.07, 6.45) is -1.70. The average molecular weight is 371 g/mol. The minimum atomic E-state index is -0.942. The van der Waals surface area contributed by atoms with E-state index in [0.29, 0.717) is 23.0 Å². The zero-order valence-corrected chi connectivity index (χ0v) is 14.6. The minimum absolute atomic E-state index is 0.0247. The van der Waals surface area contributed by atoms with E-state index < -0.39 is 12.2 Å². The van der Waals surface area contributed by atoms with Crippen molar-refractivity contribution in [2.75, 3.05) is 13.2 Å². The molecule has 3 aromatic rings. The highest BCUT2D eigenvalue weighted by atomic mass is 32.1. The molecular weight excluding hydrogens is 354 g/mol. The van der Waals surface area contributed by atoms with Gasteiger partial charge in [-0.15, -0.1) is 0 Å². The van der Waals surface area contributed by atoms with Crippen LogP contribution in [0, 0.1) is 0 Å². The molecule has 2 unspecified atom stereocenters. The zero-order chi connectivity index (χ0) is 17.9. The van der Waals surface area contributed by atoms with E-state index in [4.69, 9.17) is 13.9 Å². The van der Waals surface area contributed by atoms with E-state index in [2.05, 4.69) is 5.32 Å². The largest absolute Gasteiger partial charge is 0.485 e. The number of nitrogens with one attached hydrogen (secondary N) is 1. The number of furan rings is 1. The van der Waals surface area contributed by atoms with E-state index in [1.54, 1.807) is 35.6 Å². The van der Waals surface area contributed by atoms with Crippen molar-refractivity contribution >= 4 is 17.2 Å². The van der Waals surface area contributed by atoms with Crippen molar-refractivity contribution in [1.29, 1.82) is 0 Å². The first-order valence-electron chi connectivity index (χ1n) is 8.17. The van der Waals surface area contributed by atoms with Gasteiger partial charge in [0.1, 0.15) is 24.2 Å². The second-order valence-corrected chi connectivity index (χ2v) is 6.62. The van der Waals surface area contributed by atoms with Crippen molar-refractivity contribution in [2.24, 2.45) is 0 Å². The molecule has 2 aromatic heterocycles. The van der Waals surface area contributed by atoms with Crippen molar-refractivity contribution in [3.63, 3.8) is 0 Å². The first kappa shape index (κ1) is 16.7. The van der Waals surface area contributed by atoms with E-state index in [9.17, 15) is 9.90 Å². The number of rotatable bonds is 5. The molecule has 1 amide bonds. The molecule has 3 heterocycles. The Morgan fingerprint density at radius 3 is 2.88 bits per heavy atom. The van der Waals surface area contributed by atoms with Gasteiger partial charge in [-0.3, -0.25) is 4.79 Å². The highest BCUT2D eigenvalue weighted by molar-refractivity contribution is 7.08. The lowest BCUT2D eigenvalue weighted by Crippen LogP contribution is -2.45. The lowest BCUT2D eigenvalue weighted by Gasteiger charge is -2.25. The zero-order valence-electron chi connectivity index (χ0n) is 13.8. The molecule has 0 spiro atoms. The summed E-state index contributed by atoms with van der Waals surface area (Å²) in [5.41, 5.74) is 0.962. The van der Waals surface area contributed by atoms with Gasteiger partial charge in [0.2, 0.25) is 6.10 Å². The minimum Gasteiger partial charge on any atom is -0.485 e. The summed E-state index contributed by atoms with van der Waals surface area (Å²) in [5, 5.41) is 16.9. The Morgan fingerprint density at radius 2 is 2.08 bits per heavy atom. The Labute approximate surface area is 154 Å². The van der Waals surface area contributed by atoms with Crippen molar-refractivity contribution in [2.45, 2.75) is 12.2 Å². The fraction of sp³-hybridized carbons (Fsp3) is 0.211. The number of fused-ring (bicyclic) bond motifs is 1. The Hall–Kier alpha value is -2.77. The van der Waals surface area contributed by atoms with Crippen LogP contribution in [0.5, 0.6) is 11.5 Å². The molecule has 26 heavy (non-hydrogen) atoms. The molecule has 134 valence electrons. The quantitative estimate of drug-likeness (QED) is 0.721. The molecule has 0 fully saturated rings. The van der Waals surface area contributed by atoms with Gasteiger partial charge < -0.3 is 24.3 Å². The Kier molecular flexibility index (Phi) is 4.64. The van der Waals surface area contributed by atoms with Gasteiger partial charge in [0.05, 0.1) is 6.54 Å². The van der Waals surface area contributed by atoms with Gasteiger partial charge in [-0.1, -0.05) is 12.1 Å². The summed E-state index contributed by atoms with van der Waals surface area (Å²) < 4.78 is 16.8. The molecule has 1 aliphatic heterocycles. The summed E-state index contributed by atoms with van der Waals surface area (Å²) in [6, 6.07) is 12.6. The molecule has 1 aliphatic rings. The molecule has 0 saturated carbocycles. The monoisotopic (exact) mass is 371 g/mol. The molecule has 0 radical (unpaired) electrons. The van der Waals surface area contributed by atoms with Gasteiger partial charge >= 0.3 is 0 Å². The van der Waals surface area contributed by atoms with Crippen molar-refractivity contribution < 1.29 is 23.8 Å². The van der Waals surface area contributed by atoms with E-state index in [-0.39, 0.29) is 19.1 Å². The molecule has 2 atom stereocenters. The number of ether oxygens (including phenoxy) is 2. The van der Waals surface area contributed by atoms with Gasteiger partial charge in [-0.2, -0.15) is 11.3 Å². The van der Waals surface area contributed by atoms with Crippen LogP contribution < -0.4 is 14.8 Å². The van der Waals surface area contributed by atoms with Crippen LogP contribution in [0.3, 0.4) is 0 Å². The third kappa shape index (κ3) is 3.44. The molecule has 1 aromatic carbocycles. The number of para-hydroxylation sites is 2. The van der Waals surface area contributed by atoms with E-state index in [0.717, 1.165) is 5.56 Å². The van der Waals surface area contributed by atoms with Crippen LogP contribution in [0.2, 0.25) is 0 Å². The standard InChI is InChI=1S/C19H17NO5S/c21-13(15-6-5-14(24-15)12-7-8-26-11-12)9-20-19(22)18-10-23-16-3-1-2-4-17(16)25-18/h1-8,11,13,18,21H,9-10H2,(H,20,22). The van der Waals surface area contributed by atoms with E-state index in [1.165, 1.54) is 0 Å². The maximum Gasteiger partial charge on any atom is 0.264 e. The number of hydrogen-bond acceptors (Lipinski definition) is 6. The Morgan fingerprint density at radius 1 is 1.23 bits per heavy atom. The summed E-state index contributed by atoms with van der Waals surface area (Å²) >= 11 is 1.57. The lowest BCUT2D eigenvalue weighted by atomic mass is 10.2. The number of amides is 1. The normalized spacial score (nSPS) is 16.9. The molecule has 0 bridgehead atoms. The van der Waals surface area contributed by atoms with Gasteiger partial charge in [0.15, 0.2) is 11.5 Å². The maximum absolute atomic E-state index is 12.3. The molecule has 6 nitrogen and oxygen atoms in total. The summed E-state index contributed by atoms with van der Waals surface area (Å²) in [4.78, 5) is 12.3. The molecular formula is C19H17NO5S. The van der Waals surface area contributed by atoms with Crippen LogP contribution in [0.4, 0.5) is 0 Å². The number of aliphatic hydroxyl groups excluding tert-OH is 1. The summed E-state index contributed by atoms with van der Waals surface area (Å²) in [5.74, 6) is 1.90. The third-order valence-corrected chi connectivity index (χ3v) is 4.71. The number of carbonyl (C=O) groups is 1. The Bertz CT molecular complexity index is 889. The SMILES string of the molecule is O=C(NCC(O)c1ccc(-c2ccsc2)o1)C1COc2ccccc2O1. The third-order valence-electron chi connectivity index (χ3n) is 4.03. The topological polar surface area (TPSA) is 80.9 Å². The molecule has 0 aliphatic carbocycles. The highest BCUT2D eigenvalue weighted by Crippen LogP contribution is 2.31. The fourth-order valence-electron chi connectivity index (χ4n) is 2.65. The van der Waals surface area contributed by atoms with Crippen LogP contribution in [0.1, 0.15) is 11.9 Å². The van der Waals surface area contributed by atoms with Crippen molar-refractivity contribution in [1.82, 2.24) is 5.32 Å². The van der Waals surface area contributed by atoms with Crippen LogP contribution in [0.15, 0.2) is 57.6 Å². The predicted octanol–water partition coefficient (Wildman–Crippen LogP) is 3.00. The predicted molar refractivity (Wildman–Crippen MR) is 96.3 cm³/mol. The van der Waals surface area contributed by atoms with Crippen LogP contribution in [-0.2, 0) is 4.79 Å². The van der Waals surface area contributed by atoms with Crippen molar-refractivity contribution in [3.05, 3.63) is 59.0 Å². The number of carbonyl (C=O) groups excluding carboxylic acids is 1. The first-order chi connectivity index (χ1) is 12.7. The van der Waals surface area contributed by atoms with Crippen LogP contribution in [0.25, 0.3) is 11.3 Å². The lowest BCUT2D eigenvalue weighted by molar-refractivity contribution is -0.130. The second-order valence-electron chi connectivity index (χ2n) is 5.84. The van der Waals surface area contributed by atoms with Crippen LogP contribution >= 0.6 is 11.3 Å². The Balaban J connectivity index is 1.33. The van der Waals surface area contributed by atoms with Gasteiger partial charge in [0.25, 0.3) is 5.91 Å². The second kappa shape index (κ2) is 7.23. The maximum atomic E-state index is 12.3. The number of hydrogen-bond donors (Lipinski definition) is 2. The molecule has 0 saturated heterocycles. The average Bonchev–Trinajstić information content (AvgIpc) is 3.36. The van der Waals surface area contributed by atoms with Crippen LogP contribution in [-0.4, -0.2) is 30.3 Å². The van der Waals surface area contributed by atoms with E-state index >= 15 is 0 Å². The molecule has 4 rings (SSSR count).